The molecule has 0 aromatic heterocycles. The third kappa shape index (κ3) is 2.10. The van der Waals surface area contributed by atoms with Crippen molar-refractivity contribution < 1.29 is 4.39 Å². The van der Waals surface area contributed by atoms with E-state index >= 15 is 0 Å². The Morgan fingerprint density at radius 1 is 1.64 bits per heavy atom. The lowest BCUT2D eigenvalue weighted by atomic mass is 10.3. The van der Waals surface area contributed by atoms with Gasteiger partial charge in [-0.05, 0) is 30.4 Å². The molecule has 0 spiro atoms. The SMILES string of the molecule is N#CN(C(N)=S)c1ccc(F)cc1Cl. The second-order valence-electron chi connectivity index (χ2n) is 2.37. The first kappa shape index (κ1) is 10.7. The molecular formula is C8H5ClFN3S. The van der Waals surface area contributed by atoms with Crippen LogP contribution in [0.2, 0.25) is 5.02 Å². The molecule has 0 aliphatic heterocycles. The molecule has 2 N–H and O–H groups in total. The number of benzene rings is 1. The Hall–Kier alpha value is -1.38. The summed E-state index contributed by atoms with van der Waals surface area (Å²) in [4.78, 5) is 0.942. The van der Waals surface area contributed by atoms with Crippen LogP contribution in [0.3, 0.4) is 0 Å². The van der Waals surface area contributed by atoms with Crippen LogP contribution in [0.15, 0.2) is 18.2 Å². The van der Waals surface area contributed by atoms with E-state index in [9.17, 15) is 4.39 Å². The third-order valence-corrected chi connectivity index (χ3v) is 1.96. The van der Waals surface area contributed by atoms with E-state index in [4.69, 9.17) is 22.6 Å². The first-order valence-corrected chi connectivity index (χ1v) is 4.29. The zero-order valence-electron chi connectivity index (χ0n) is 6.87. The summed E-state index contributed by atoms with van der Waals surface area (Å²) >= 11 is 10.3. The van der Waals surface area contributed by atoms with Gasteiger partial charge in [0.2, 0.25) is 0 Å². The molecule has 0 saturated heterocycles. The minimum atomic E-state index is -0.487. The Morgan fingerprint density at radius 2 is 2.29 bits per heavy atom. The van der Waals surface area contributed by atoms with E-state index in [1.807, 2.05) is 0 Å². The maximum atomic E-state index is 12.7. The van der Waals surface area contributed by atoms with Crippen molar-refractivity contribution in [1.82, 2.24) is 0 Å². The molecular weight excluding hydrogens is 225 g/mol. The lowest BCUT2D eigenvalue weighted by Gasteiger charge is -2.14. The first-order chi connectivity index (χ1) is 6.56. The molecule has 1 aromatic rings. The van der Waals surface area contributed by atoms with E-state index in [0.29, 0.717) is 0 Å². The lowest BCUT2D eigenvalue weighted by Crippen LogP contribution is -2.31. The zero-order chi connectivity index (χ0) is 10.7. The number of rotatable bonds is 1. The maximum Gasteiger partial charge on any atom is 0.191 e. The molecule has 6 heteroatoms. The predicted octanol–water partition coefficient (Wildman–Crippen LogP) is 2.01. The molecule has 0 aliphatic rings. The molecule has 0 bridgehead atoms. The highest BCUT2D eigenvalue weighted by atomic mass is 35.5. The summed E-state index contributed by atoms with van der Waals surface area (Å²) < 4.78 is 12.7. The standard InChI is InChI=1S/C8H5ClFN3S/c9-6-3-5(10)1-2-7(6)13(4-11)8(12)14/h1-3H,(H2,12,14). The predicted molar refractivity (Wildman–Crippen MR) is 56.3 cm³/mol. The summed E-state index contributed by atoms with van der Waals surface area (Å²) in [5, 5.41) is 8.64. The number of nitrogens with two attached hydrogens (primary N) is 1. The van der Waals surface area contributed by atoms with E-state index in [1.165, 1.54) is 12.1 Å². The highest BCUT2D eigenvalue weighted by Crippen LogP contribution is 2.25. The van der Waals surface area contributed by atoms with Crippen molar-refractivity contribution in [3.05, 3.63) is 29.0 Å². The van der Waals surface area contributed by atoms with Crippen LogP contribution in [-0.4, -0.2) is 5.11 Å². The van der Waals surface area contributed by atoms with Crippen molar-refractivity contribution in [3.63, 3.8) is 0 Å². The summed E-state index contributed by atoms with van der Waals surface area (Å²) in [6.45, 7) is 0. The normalized spacial score (nSPS) is 9.21. The van der Waals surface area contributed by atoms with Gasteiger partial charge in [0.05, 0.1) is 10.7 Å². The first-order valence-electron chi connectivity index (χ1n) is 3.50. The van der Waals surface area contributed by atoms with Gasteiger partial charge in [0.25, 0.3) is 0 Å². The van der Waals surface area contributed by atoms with Crippen molar-refractivity contribution in [3.8, 4) is 6.19 Å². The Morgan fingerprint density at radius 3 is 2.71 bits per heavy atom. The molecule has 3 nitrogen and oxygen atoms in total. The van der Waals surface area contributed by atoms with Crippen LogP contribution in [0.4, 0.5) is 10.1 Å². The van der Waals surface area contributed by atoms with E-state index in [0.717, 1.165) is 11.0 Å². The molecule has 0 saturated carbocycles. The van der Waals surface area contributed by atoms with Crippen LogP contribution < -0.4 is 10.6 Å². The van der Waals surface area contributed by atoms with Crippen LogP contribution in [0.25, 0.3) is 0 Å². The van der Waals surface area contributed by atoms with E-state index in [2.05, 4.69) is 12.2 Å². The van der Waals surface area contributed by atoms with Gasteiger partial charge in [-0.1, -0.05) is 11.6 Å². The van der Waals surface area contributed by atoms with Gasteiger partial charge in [-0.15, -0.1) is 0 Å². The number of anilines is 1. The van der Waals surface area contributed by atoms with Crippen LogP contribution in [0.1, 0.15) is 0 Å². The number of nitriles is 1. The number of hydrogen-bond donors (Lipinski definition) is 1. The fourth-order valence-corrected chi connectivity index (χ4v) is 1.28. The smallest absolute Gasteiger partial charge is 0.191 e. The molecule has 0 unspecified atom stereocenters. The van der Waals surface area contributed by atoms with Crippen LogP contribution in [0, 0.1) is 17.3 Å². The average Bonchev–Trinajstić information content (AvgIpc) is 2.09. The molecule has 1 rings (SSSR count). The number of hydrogen-bond acceptors (Lipinski definition) is 2. The van der Waals surface area contributed by atoms with Gasteiger partial charge in [0, 0.05) is 0 Å². The zero-order valence-corrected chi connectivity index (χ0v) is 8.44. The van der Waals surface area contributed by atoms with Crippen molar-refractivity contribution in [2.45, 2.75) is 0 Å². The Kier molecular flexibility index (Phi) is 3.23. The van der Waals surface area contributed by atoms with Gasteiger partial charge < -0.3 is 5.73 Å². The fraction of sp³-hybridized carbons (Fsp3) is 0. The van der Waals surface area contributed by atoms with Crippen LogP contribution in [-0.2, 0) is 0 Å². The largest absolute Gasteiger partial charge is 0.375 e. The lowest BCUT2D eigenvalue weighted by molar-refractivity contribution is 0.628. The average molecular weight is 230 g/mol. The highest BCUT2D eigenvalue weighted by molar-refractivity contribution is 7.80. The van der Waals surface area contributed by atoms with Crippen molar-refractivity contribution in [1.29, 1.82) is 5.26 Å². The van der Waals surface area contributed by atoms with Crippen molar-refractivity contribution >= 4 is 34.6 Å². The number of nitrogens with zero attached hydrogens (tertiary/aromatic N) is 2. The summed E-state index contributed by atoms with van der Waals surface area (Å²) in [5.74, 6) is -0.487. The van der Waals surface area contributed by atoms with Gasteiger partial charge in [0.15, 0.2) is 11.3 Å². The van der Waals surface area contributed by atoms with E-state index in [1.54, 1.807) is 6.19 Å². The molecule has 1 aromatic carbocycles. The van der Waals surface area contributed by atoms with Gasteiger partial charge in [-0.3, -0.25) is 0 Å². The molecule has 14 heavy (non-hydrogen) atoms. The van der Waals surface area contributed by atoms with Gasteiger partial charge in [-0.2, -0.15) is 5.26 Å². The summed E-state index contributed by atoms with van der Waals surface area (Å²) in [6, 6.07) is 3.59. The minimum Gasteiger partial charge on any atom is -0.375 e. The monoisotopic (exact) mass is 229 g/mol. The van der Waals surface area contributed by atoms with Gasteiger partial charge >= 0.3 is 0 Å². The molecule has 72 valence electrons. The van der Waals surface area contributed by atoms with E-state index < -0.39 is 5.82 Å². The molecule has 0 heterocycles. The van der Waals surface area contributed by atoms with Crippen molar-refractivity contribution in [2.75, 3.05) is 4.90 Å². The third-order valence-electron chi connectivity index (χ3n) is 1.47. The summed E-state index contributed by atoms with van der Waals surface area (Å²) in [5.41, 5.74) is 5.54. The number of thiocarbonyl (C=S) groups is 1. The minimum absolute atomic E-state index is 0.0827. The fourth-order valence-electron chi connectivity index (χ4n) is 0.884. The van der Waals surface area contributed by atoms with Crippen molar-refractivity contribution in [2.24, 2.45) is 5.73 Å². The van der Waals surface area contributed by atoms with E-state index in [-0.39, 0.29) is 15.8 Å². The van der Waals surface area contributed by atoms with Crippen LogP contribution >= 0.6 is 23.8 Å². The molecule has 0 fully saturated rings. The Balaban J connectivity index is 3.19. The highest BCUT2D eigenvalue weighted by Gasteiger charge is 2.12. The van der Waals surface area contributed by atoms with Crippen LogP contribution in [0.5, 0.6) is 0 Å². The summed E-state index contributed by atoms with van der Waals surface area (Å²) in [6.07, 6.45) is 1.74. The second kappa shape index (κ2) is 4.22. The Labute approximate surface area is 90.5 Å². The molecule has 0 radical (unpaired) electrons. The second-order valence-corrected chi connectivity index (χ2v) is 3.19. The maximum absolute atomic E-state index is 12.7. The Bertz CT molecular complexity index is 416. The quantitative estimate of drug-likeness (QED) is 0.455. The molecule has 0 atom stereocenters. The summed E-state index contributed by atoms with van der Waals surface area (Å²) in [7, 11) is 0. The number of halogens is 2. The van der Waals surface area contributed by atoms with Gasteiger partial charge in [-0.25, -0.2) is 9.29 Å². The van der Waals surface area contributed by atoms with Gasteiger partial charge in [0.1, 0.15) is 5.82 Å². The molecule has 0 amide bonds. The molecule has 0 aliphatic carbocycles. The topological polar surface area (TPSA) is 53.0 Å².